The lowest BCUT2D eigenvalue weighted by Gasteiger charge is -2.36. The third kappa shape index (κ3) is 5.12. The smallest absolute Gasteiger partial charge is 0.307 e. The molecule has 0 aromatic heterocycles. The fourth-order valence-corrected chi connectivity index (χ4v) is 2.31. The van der Waals surface area contributed by atoms with Gasteiger partial charge in [-0.25, -0.2) is 0 Å². The number of rotatable bonds is 9. The summed E-state index contributed by atoms with van der Waals surface area (Å²) in [6.07, 6.45) is 1.65. The van der Waals surface area contributed by atoms with Crippen molar-refractivity contribution in [3.63, 3.8) is 0 Å². The molecule has 2 N–H and O–H groups in total. The molecule has 0 saturated heterocycles. The van der Waals surface area contributed by atoms with Crippen LogP contribution < -0.4 is 5.73 Å². The second-order valence-electron chi connectivity index (χ2n) is 5.66. The van der Waals surface area contributed by atoms with Crippen LogP contribution in [0.2, 0.25) is 0 Å². The molecule has 118 valence electrons. The molecule has 0 atom stereocenters. The summed E-state index contributed by atoms with van der Waals surface area (Å²) in [5, 5.41) is 0. The topological polar surface area (TPSA) is 72.6 Å². The average Bonchev–Trinajstić information content (AvgIpc) is 2.44. The van der Waals surface area contributed by atoms with Crippen LogP contribution in [0.3, 0.4) is 0 Å². The van der Waals surface area contributed by atoms with Gasteiger partial charge < -0.3 is 15.4 Å². The maximum atomic E-state index is 12.8. The molecule has 0 unspecified atom stereocenters. The van der Waals surface area contributed by atoms with E-state index in [0.29, 0.717) is 38.4 Å². The summed E-state index contributed by atoms with van der Waals surface area (Å²) in [6.45, 7) is 9.46. The van der Waals surface area contributed by atoms with E-state index in [-0.39, 0.29) is 18.3 Å². The Kier molecular flexibility index (Phi) is 8.46. The van der Waals surface area contributed by atoms with Crippen molar-refractivity contribution < 1.29 is 14.3 Å². The van der Waals surface area contributed by atoms with E-state index in [0.717, 1.165) is 0 Å². The molecular formula is C15H30N2O3. The van der Waals surface area contributed by atoms with Gasteiger partial charge in [0, 0.05) is 19.6 Å². The van der Waals surface area contributed by atoms with Crippen LogP contribution in [0.1, 0.15) is 47.0 Å². The van der Waals surface area contributed by atoms with Crippen molar-refractivity contribution in [2.75, 3.05) is 26.7 Å². The van der Waals surface area contributed by atoms with Crippen molar-refractivity contribution in [3.05, 3.63) is 0 Å². The van der Waals surface area contributed by atoms with Crippen LogP contribution in [0.25, 0.3) is 0 Å². The molecule has 0 heterocycles. The molecule has 0 radical (unpaired) electrons. The van der Waals surface area contributed by atoms with Gasteiger partial charge in [0.15, 0.2) is 0 Å². The molecule has 0 aromatic carbocycles. The number of nitrogens with zero attached hydrogens (tertiary/aromatic N) is 1. The first-order valence-electron chi connectivity index (χ1n) is 7.43. The second kappa shape index (κ2) is 8.95. The lowest BCUT2D eigenvalue weighted by molar-refractivity contribution is -0.145. The van der Waals surface area contributed by atoms with Gasteiger partial charge in [-0.1, -0.05) is 27.7 Å². The van der Waals surface area contributed by atoms with Gasteiger partial charge in [-0.15, -0.1) is 0 Å². The molecule has 0 aromatic rings. The van der Waals surface area contributed by atoms with Gasteiger partial charge in [-0.2, -0.15) is 0 Å². The number of hydrogen-bond donors (Lipinski definition) is 1. The summed E-state index contributed by atoms with van der Waals surface area (Å²) in [5.74, 6) is 0.112. The Bertz CT molecular complexity index is 304. The van der Waals surface area contributed by atoms with Crippen molar-refractivity contribution in [1.29, 1.82) is 0 Å². The quantitative estimate of drug-likeness (QED) is 0.656. The number of ether oxygens (including phenoxy) is 1. The Morgan fingerprint density at radius 1 is 1.25 bits per heavy atom. The molecule has 1 amide bonds. The Morgan fingerprint density at radius 2 is 1.80 bits per heavy atom. The van der Waals surface area contributed by atoms with E-state index in [2.05, 4.69) is 18.6 Å². The number of carbonyl (C=O) groups excluding carboxylic acids is 2. The highest BCUT2D eigenvalue weighted by atomic mass is 16.5. The lowest BCUT2D eigenvalue weighted by Crippen LogP contribution is -2.49. The third-order valence-corrected chi connectivity index (χ3v) is 3.88. The second-order valence-corrected chi connectivity index (χ2v) is 5.66. The van der Waals surface area contributed by atoms with Crippen LogP contribution in [0.15, 0.2) is 0 Å². The van der Waals surface area contributed by atoms with E-state index in [1.807, 2.05) is 13.8 Å². The molecule has 0 aliphatic carbocycles. The Balaban J connectivity index is 5.00. The molecule has 0 spiro atoms. The number of hydrogen-bond acceptors (Lipinski definition) is 4. The summed E-state index contributed by atoms with van der Waals surface area (Å²) >= 11 is 0. The predicted molar refractivity (Wildman–Crippen MR) is 80.1 cm³/mol. The zero-order valence-electron chi connectivity index (χ0n) is 13.6. The largest absolute Gasteiger partial charge is 0.469 e. The van der Waals surface area contributed by atoms with E-state index in [1.165, 1.54) is 7.11 Å². The summed E-state index contributed by atoms with van der Waals surface area (Å²) in [7, 11) is 1.36. The van der Waals surface area contributed by atoms with Gasteiger partial charge in [0.25, 0.3) is 0 Å². The molecule has 5 heteroatoms. The number of nitrogens with two attached hydrogens (primary N) is 1. The van der Waals surface area contributed by atoms with Gasteiger partial charge in [0.05, 0.1) is 18.9 Å². The van der Waals surface area contributed by atoms with E-state index in [4.69, 9.17) is 5.73 Å². The first-order valence-corrected chi connectivity index (χ1v) is 7.43. The van der Waals surface area contributed by atoms with Crippen LogP contribution in [0, 0.1) is 11.3 Å². The maximum absolute atomic E-state index is 12.8. The number of methoxy groups -OCH3 is 1. The van der Waals surface area contributed by atoms with Crippen molar-refractivity contribution in [1.82, 2.24) is 4.90 Å². The predicted octanol–water partition coefficient (Wildman–Crippen LogP) is 1.80. The van der Waals surface area contributed by atoms with Gasteiger partial charge in [0.1, 0.15) is 0 Å². The minimum atomic E-state index is -0.509. The molecule has 5 nitrogen and oxygen atoms in total. The zero-order chi connectivity index (χ0) is 15.8. The maximum Gasteiger partial charge on any atom is 0.307 e. The minimum Gasteiger partial charge on any atom is -0.469 e. The van der Waals surface area contributed by atoms with Crippen molar-refractivity contribution in [2.24, 2.45) is 17.1 Å². The molecule has 0 saturated carbocycles. The fraction of sp³-hybridized carbons (Fsp3) is 0.867. The van der Waals surface area contributed by atoms with Crippen molar-refractivity contribution >= 4 is 11.9 Å². The minimum absolute atomic E-state index is 0.0580. The Hall–Kier alpha value is -1.10. The van der Waals surface area contributed by atoms with Crippen LogP contribution in [-0.4, -0.2) is 43.5 Å². The molecule has 0 aliphatic rings. The van der Waals surface area contributed by atoms with E-state index < -0.39 is 5.41 Å². The highest BCUT2D eigenvalue weighted by Gasteiger charge is 2.37. The van der Waals surface area contributed by atoms with Crippen LogP contribution >= 0.6 is 0 Å². The van der Waals surface area contributed by atoms with E-state index in [9.17, 15) is 9.59 Å². The van der Waals surface area contributed by atoms with E-state index >= 15 is 0 Å². The molecular weight excluding hydrogens is 256 g/mol. The Morgan fingerprint density at radius 3 is 2.15 bits per heavy atom. The molecule has 0 bridgehead atoms. The summed E-state index contributed by atoms with van der Waals surface area (Å²) < 4.78 is 4.65. The molecule has 0 fully saturated rings. The average molecular weight is 286 g/mol. The summed E-state index contributed by atoms with van der Waals surface area (Å²) in [5.41, 5.74) is 5.33. The summed E-state index contributed by atoms with van der Waals surface area (Å²) in [6, 6.07) is 0. The number of carbonyl (C=O) groups is 2. The van der Waals surface area contributed by atoms with Crippen LogP contribution in [-0.2, 0) is 14.3 Å². The number of esters is 1. The Labute approximate surface area is 122 Å². The third-order valence-electron chi connectivity index (χ3n) is 3.88. The fourth-order valence-electron chi connectivity index (χ4n) is 2.31. The highest BCUT2D eigenvalue weighted by molar-refractivity contribution is 5.83. The van der Waals surface area contributed by atoms with Gasteiger partial charge in [-0.3, -0.25) is 9.59 Å². The van der Waals surface area contributed by atoms with Gasteiger partial charge >= 0.3 is 5.97 Å². The van der Waals surface area contributed by atoms with Gasteiger partial charge in [-0.05, 0) is 18.8 Å². The zero-order valence-corrected chi connectivity index (χ0v) is 13.6. The highest BCUT2D eigenvalue weighted by Crippen LogP contribution is 2.28. The lowest BCUT2D eigenvalue weighted by atomic mass is 9.80. The normalized spacial score (nSPS) is 11.6. The van der Waals surface area contributed by atoms with Crippen LogP contribution in [0.5, 0.6) is 0 Å². The van der Waals surface area contributed by atoms with Gasteiger partial charge in [0.2, 0.25) is 5.91 Å². The standard InChI is InChI=1S/C15H30N2O3/c1-6-15(7-2,11-16)14(19)17(10-12(3)4)9-8-13(18)20-5/h12H,6-11,16H2,1-5H3. The number of amides is 1. The van der Waals surface area contributed by atoms with Crippen LogP contribution in [0.4, 0.5) is 0 Å². The van der Waals surface area contributed by atoms with Crippen molar-refractivity contribution in [2.45, 2.75) is 47.0 Å². The first-order chi connectivity index (χ1) is 9.36. The monoisotopic (exact) mass is 286 g/mol. The van der Waals surface area contributed by atoms with Crippen molar-refractivity contribution in [3.8, 4) is 0 Å². The SMILES string of the molecule is CCC(CC)(CN)C(=O)N(CCC(=O)OC)CC(C)C. The molecule has 0 aliphatic heterocycles. The van der Waals surface area contributed by atoms with E-state index in [1.54, 1.807) is 4.90 Å². The molecule has 20 heavy (non-hydrogen) atoms. The first kappa shape index (κ1) is 18.9. The molecule has 0 rings (SSSR count). The summed E-state index contributed by atoms with van der Waals surface area (Å²) in [4.78, 5) is 25.9.